The van der Waals surface area contributed by atoms with Gasteiger partial charge in [-0.2, -0.15) is 0 Å². The number of anilines is 1. The van der Waals surface area contributed by atoms with Crippen LogP contribution in [0.3, 0.4) is 0 Å². The molecule has 6 nitrogen and oxygen atoms in total. The van der Waals surface area contributed by atoms with Crippen LogP contribution in [0.15, 0.2) is 12.1 Å². The van der Waals surface area contributed by atoms with Gasteiger partial charge in [0.25, 0.3) is 0 Å². The first-order valence-corrected chi connectivity index (χ1v) is 6.88. The zero-order chi connectivity index (χ0) is 17.6. The standard InChI is InChI=1S/C15H20F2N2O4/c1-15(2,3)23-14(21)19-12-6-11(17)10(16)5-9(12)7-18-8-13(20)22-4/h5-6,18H,7-8H2,1-4H3,(H,19,21). The Hall–Kier alpha value is -2.22. The fourth-order valence-corrected chi connectivity index (χ4v) is 1.64. The molecule has 0 aliphatic rings. The molecule has 8 heteroatoms. The Labute approximate surface area is 133 Å². The van der Waals surface area contributed by atoms with Crippen molar-refractivity contribution in [1.29, 1.82) is 0 Å². The second-order valence-electron chi connectivity index (χ2n) is 5.73. The van der Waals surface area contributed by atoms with Gasteiger partial charge in [0.1, 0.15) is 5.60 Å². The van der Waals surface area contributed by atoms with Crippen LogP contribution < -0.4 is 10.6 Å². The van der Waals surface area contributed by atoms with Gasteiger partial charge in [-0.25, -0.2) is 13.6 Å². The summed E-state index contributed by atoms with van der Waals surface area (Å²) in [7, 11) is 1.23. The molecule has 0 aromatic heterocycles. The number of benzene rings is 1. The van der Waals surface area contributed by atoms with Crippen molar-refractivity contribution in [3.63, 3.8) is 0 Å². The van der Waals surface area contributed by atoms with Crippen molar-refractivity contribution in [2.75, 3.05) is 19.0 Å². The summed E-state index contributed by atoms with van der Waals surface area (Å²) in [4.78, 5) is 22.8. The molecule has 23 heavy (non-hydrogen) atoms. The van der Waals surface area contributed by atoms with Crippen LogP contribution >= 0.6 is 0 Å². The Kier molecular flexibility index (Phi) is 6.44. The van der Waals surface area contributed by atoms with Crippen molar-refractivity contribution in [1.82, 2.24) is 5.32 Å². The lowest BCUT2D eigenvalue weighted by molar-refractivity contribution is -0.139. The van der Waals surface area contributed by atoms with Crippen molar-refractivity contribution in [2.45, 2.75) is 32.9 Å². The van der Waals surface area contributed by atoms with Crippen molar-refractivity contribution in [3.8, 4) is 0 Å². The van der Waals surface area contributed by atoms with Crippen LogP contribution in [-0.4, -0.2) is 31.3 Å². The summed E-state index contributed by atoms with van der Waals surface area (Å²) in [5.41, 5.74) is -0.416. The Morgan fingerprint density at radius 3 is 2.35 bits per heavy atom. The molecular formula is C15H20F2N2O4. The van der Waals surface area contributed by atoms with Crippen LogP contribution in [0.25, 0.3) is 0 Å². The number of carbonyl (C=O) groups is 2. The van der Waals surface area contributed by atoms with E-state index in [4.69, 9.17) is 4.74 Å². The van der Waals surface area contributed by atoms with Crippen LogP contribution in [0.4, 0.5) is 19.3 Å². The maximum absolute atomic E-state index is 13.4. The van der Waals surface area contributed by atoms with Gasteiger partial charge in [-0.3, -0.25) is 10.1 Å². The summed E-state index contributed by atoms with van der Waals surface area (Å²) in [6.07, 6.45) is -0.794. The molecule has 1 aromatic rings. The predicted molar refractivity (Wildman–Crippen MR) is 79.9 cm³/mol. The Morgan fingerprint density at radius 1 is 1.17 bits per heavy atom. The highest BCUT2D eigenvalue weighted by Gasteiger charge is 2.18. The summed E-state index contributed by atoms with van der Waals surface area (Å²) in [6.45, 7) is 4.95. The molecule has 0 bridgehead atoms. The van der Waals surface area contributed by atoms with E-state index in [0.717, 1.165) is 12.1 Å². The molecule has 0 aliphatic carbocycles. The van der Waals surface area contributed by atoms with Gasteiger partial charge in [-0.15, -0.1) is 0 Å². The van der Waals surface area contributed by atoms with E-state index in [9.17, 15) is 18.4 Å². The van der Waals surface area contributed by atoms with Gasteiger partial charge in [0.2, 0.25) is 0 Å². The fraction of sp³-hybridized carbons (Fsp3) is 0.467. The van der Waals surface area contributed by atoms with Crippen molar-refractivity contribution in [2.24, 2.45) is 0 Å². The maximum Gasteiger partial charge on any atom is 0.412 e. The summed E-state index contributed by atoms with van der Waals surface area (Å²) in [6, 6.07) is 1.79. The molecular weight excluding hydrogens is 310 g/mol. The van der Waals surface area contributed by atoms with Crippen LogP contribution in [-0.2, 0) is 20.8 Å². The van der Waals surface area contributed by atoms with Crippen LogP contribution in [0, 0.1) is 11.6 Å². The quantitative estimate of drug-likeness (QED) is 0.812. The molecule has 1 rings (SSSR count). The second kappa shape index (κ2) is 7.87. The number of halogens is 2. The fourth-order valence-electron chi connectivity index (χ4n) is 1.64. The SMILES string of the molecule is COC(=O)CNCc1cc(F)c(F)cc1NC(=O)OC(C)(C)C. The highest BCUT2D eigenvalue weighted by Crippen LogP contribution is 2.21. The molecule has 128 valence electrons. The molecule has 0 aliphatic heterocycles. The van der Waals surface area contributed by atoms with Crippen molar-refractivity contribution >= 4 is 17.7 Å². The van der Waals surface area contributed by atoms with Crippen molar-refractivity contribution in [3.05, 3.63) is 29.3 Å². The smallest absolute Gasteiger partial charge is 0.412 e. The van der Waals surface area contributed by atoms with Gasteiger partial charge in [-0.1, -0.05) is 0 Å². The van der Waals surface area contributed by atoms with E-state index < -0.39 is 29.3 Å². The monoisotopic (exact) mass is 330 g/mol. The third-order valence-corrected chi connectivity index (χ3v) is 2.59. The van der Waals surface area contributed by atoms with E-state index in [2.05, 4.69) is 15.4 Å². The van der Waals surface area contributed by atoms with Crippen LogP contribution in [0.1, 0.15) is 26.3 Å². The first-order valence-electron chi connectivity index (χ1n) is 6.88. The minimum atomic E-state index is -1.10. The van der Waals surface area contributed by atoms with Gasteiger partial charge in [-0.05, 0) is 32.4 Å². The first kappa shape index (κ1) is 18.8. The summed E-state index contributed by atoms with van der Waals surface area (Å²) in [5, 5.41) is 5.07. The van der Waals surface area contributed by atoms with Gasteiger partial charge < -0.3 is 14.8 Å². The molecule has 0 spiro atoms. The van der Waals surface area contributed by atoms with Gasteiger partial charge in [0.15, 0.2) is 11.6 Å². The molecule has 1 aromatic carbocycles. The predicted octanol–water partition coefficient (Wildman–Crippen LogP) is 2.57. The van der Waals surface area contributed by atoms with Gasteiger partial charge in [0, 0.05) is 12.6 Å². The number of nitrogens with one attached hydrogen (secondary N) is 2. The Bertz CT molecular complexity index is 586. The Balaban J connectivity index is 2.85. The van der Waals surface area contributed by atoms with Gasteiger partial charge >= 0.3 is 12.1 Å². The lowest BCUT2D eigenvalue weighted by atomic mass is 10.1. The topological polar surface area (TPSA) is 76.7 Å². The third kappa shape index (κ3) is 6.60. The molecule has 0 fully saturated rings. The summed E-state index contributed by atoms with van der Waals surface area (Å²) in [5.74, 6) is -2.67. The van der Waals surface area contributed by atoms with Gasteiger partial charge in [0.05, 0.1) is 19.3 Å². The molecule has 0 unspecified atom stereocenters. The summed E-state index contributed by atoms with van der Waals surface area (Å²) >= 11 is 0. The number of rotatable bonds is 5. The number of esters is 1. The molecule has 0 saturated heterocycles. The largest absolute Gasteiger partial charge is 0.468 e. The molecule has 2 N–H and O–H groups in total. The number of hydrogen-bond donors (Lipinski definition) is 2. The lowest BCUT2D eigenvalue weighted by Gasteiger charge is -2.20. The van der Waals surface area contributed by atoms with E-state index >= 15 is 0 Å². The number of ether oxygens (including phenoxy) is 2. The van der Waals surface area contributed by atoms with Crippen LogP contribution in [0.5, 0.6) is 0 Å². The van der Waals surface area contributed by atoms with E-state index in [-0.39, 0.29) is 24.3 Å². The lowest BCUT2D eigenvalue weighted by Crippen LogP contribution is -2.28. The molecule has 0 atom stereocenters. The first-order chi connectivity index (χ1) is 10.6. The average molecular weight is 330 g/mol. The van der Waals surface area contributed by atoms with E-state index in [0.29, 0.717) is 0 Å². The minimum absolute atomic E-state index is 0.0252. The highest BCUT2D eigenvalue weighted by atomic mass is 19.2. The van der Waals surface area contributed by atoms with Crippen molar-refractivity contribution < 1.29 is 27.8 Å². The molecule has 0 saturated carbocycles. The zero-order valence-electron chi connectivity index (χ0n) is 13.5. The third-order valence-electron chi connectivity index (χ3n) is 2.59. The van der Waals surface area contributed by atoms with E-state index in [1.807, 2.05) is 0 Å². The number of carbonyl (C=O) groups excluding carboxylic acids is 2. The Morgan fingerprint density at radius 2 is 1.78 bits per heavy atom. The highest BCUT2D eigenvalue weighted by molar-refractivity contribution is 5.86. The number of hydrogen-bond acceptors (Lipinski definition) is 5. The van der Waals surface area contributed by atoms with Crippen LogP contribution in [0.2, 0.25) is 0 Å². The second-order valence-corrected chi connectivity index (χ2v) is 5.73. The average Bonchev–Trinajstić information content (AvgIpc) is 2.41. The molecule has 1 amide bonds. The zero-order valence-corrected chi connectivity index (χ0v) is 13.5. The number of methoxy groups -OCH3 is 1. The van der Waals surface area contributed by atoms with E-state index in [1.165, 1.54) is 7.11 Å². The molecule has 0 radical (unpaired) electrons. The number of amides is 1. The molecule has 0 heterocycles. The maximum atomic E-state index is 13.4. The van der Waals surface area contributed by atoms with E-state index in [1.54, 1.807) is 20.8 Å². The normalized spacial score (nSPS) is 11.0. The minimum Gasteiger partial charge on any atom is -0.468 e. The summed E-state index contributed by atoms with van der Waals surface area (Å²) < 4.78 is 36.3.